The van der Waals surface area contributed by atoms with Crippen LogP contribution >= 0.6 is 0 Å². The van der Waals surface area contributed by atoms with Gasteiger partial charge in [0.05, 0.1) is 10.5 Å². The van der Waals surface area contributed by atoms with Crippen LogP contribution in [0.2, 0.25) is 0 Å². The van der Waals surface area contributed by atoms with E-state index in [1.807, 2.05) is 6.92 Å². The highest BCUT2D eigenvalue weighted by Gasteiger charge is 2.25. The average molecular weight is 441 g/mol. The van der Waals surface area contributed by atoms with Crippen LogP contribution in [0, 0.1) is 12.8 Å². The molecule has 1 aromatic carbocycles. The van der Waals surface area contributed by atoms with Gasteiger partial charge in [0.15, 0.2) is 6.61 Å². The fraction of sp³-hybridized carbons (Fsp3) is 0.636. The maximum Gasteiger partial charge on any atom is 0.338 e. The molecule has 1 N–H and O–H groups in total. The molecule has 1 rings (SSSR count). The lowest BCUT2D eigenvalue weighted by atomic mass is 10.0. The Balaban J connectivity index is 2.74. The Kier molecular flexibility index (Phi) is 10.5. The maximum atomic E-state index is 12.8. The van der Waals surface area contributed by atoms with Crippen LogP contribution in [0.4, 0.5) is 0 Å². The van der Waals surface area contributed by atoms with Crippen molar-refractivity contribution < 1.29 is 22.7 Å². The van der Waals surface area contributed by atoms with E-state index in [-0.39, 0.29) is 22.4 Å². The number of carbonyl (C=O) groups is 2. The summed E-state index contributed by atoms with van der Waals surface area (Å²) < 4.78 is 32.1. The molecule has 1 amide bonds. The van der Waals surface area contributed by atoms with Crippen LogP contribution in [0.5, 0.6) is 0 Å². The molecular formula is C22H36N2O5S. The van der Waals surface area contributed by atoms with E-state index in [1.165, 1.54) is 16.4 Å². The van der Waals surface area contributed by atoms with Crippen LogP contribution in [0.25, 0.3) is 0 Å². The molecule has 8 heteroatoms. The van der Waals surface area contributed by atoms with Gasteiger partial charge in [-0.25, -0.2) is 13.2 Å². The van der Waals surface area contributed by atoms with E-state index in [1.54, 1.807) is 26.8 Å². The van der Waals surface area contributed by atoms with Crippen LogP contribution in [0.15, 0.2) is 23.1 Å². The third kappa shape index (κ3) is 7.72. The lowest BCUT2D eigenvalue weighted by Gasteiger charge is -2.20. The Morgan fingerprint density at radius 2 is 1.73 bits per heavy atom. The van der Waals surface area contributed by atoms with Crippen molar-refractivity contribution in [1.82, 2.24) is 9.62 Å². The Morgan fingerprint density at radius 1 is 1.10 bits per heavy atom. The van der Waals surface area contributed by atoms with E-state index in [2.05, 4.69) is 19.2 Å². The fourth-order valence-electron chi connectivity index (χ4n) is 3.14. The average Bonchev–Trinajstić information content (AvgIpc) is 2.66. The minimum atomic E-state index is -3.70. The van der Waals surface area contributed by atoms with Crippen molar-refractivity contribution in [3.05, 3.63) is 29.3 Å². The molecule has 7 nitrogen and oxygen atoms in total. The molecule has 0 saturated carbocycles. The lowest BCUT2D eigenvalue weighted by Crippen LogP contribution is -2.36. The molecule has 0 spiro atoms. The number of aryl methyl sites for hydroxylation is 1. The Morgan fingerprint density at radius 3 is 2.30 bits per heavy atom. The van der Waals surface area contributed by atoms with Gasteiger partial charge in [-0.1, -0.05) is 46.6 Å². The largest absolute Gasteiger partial charge is 0.452 e. The topological polar surface area (TPSA) is 92.8 Å². The zero-order valence-corrected chi connectivity index (χ0v) is 19.8. The summed E-state index contributed by atoms with van der Waals surface area (Å²) in [5, 5.41) is 2.82. The number of hydrogen-bond donors (Lipinski definition) is 1. The van der Waals surface area contributed by atoms with Crippen LogP contribution in [0.3, 0.4) is 0 Å². The van der Waals surface area contributed by atoms with Crippen molar-refractivity contribution in [2.45, 2.75) is 71.7 Å². The molecule has 0 bridgehead atoms. The van der Waals surface area contributed by atoms with Gasteiger partial charge in [0, 0.05) is 19.1 Å². The predicted molar refractivity (Wildman–Crippen MR) is 118 cm³/mol. The zero-order valence-electron chi connectivity index (χ0n) is 19.0. The van der Waals surface area contributed by atoms with Gasteiger partial charge in [-0.05, 0) is 43.9 Å². The van der Waals surface area contributed by atoms with E-state index < -0.39 is 22.6 Å². The Bertz CT molecular complexity index is 817. The molecular weight excluding hydrogens is 404 g/mol. The van der Waals surface area contributed by atoms with Gasteiger partial charge in [-0.3, -0.25) is 4.79 Å². The maximum absolute atomic E-state index is 12.8. The smallest absolute Gasteiger partial charge is 0.338 e. The molecule has 0 heterocycles. The van der Waals surface area contributed by atoms with Crippen molar-refractivity contribution in [2.24, 2.45) is 5.92 Å². The molecule has 0 fully saturated rings. The second kappa shape index (κ2) is 12.1. The van der Waals surface area contributed by atoms with Gasteiger partial charge in [0.1, 0.15) is 0 Å². The van der Waals surface area contributed by atoms with Crippen molar-refractivity contribution in [2.75, 3.05) is 19.7 Å². The van der Waals surface area contributed by atoms with Gasteiger partial charge in [0.25, 0.3) is 5.91 Å². The first-order valence-electron chi connectivity index (χ1n) is 10.6. The Labute approximate surface area is 181 Å². The van der Waals surface area contributed by atoms with Crippen molar-refractivity contribution in [3.8, 4) is 0 Å². The molecule has 170 valence electrons. The monoisotopic (exact) mass is 440 g/mol. The first-order chi connectivity index (χ1) is 14.0. The summed E-state index contributed by atoms with van der Waals surface area (Å²) in [6, 6.07) is 4.40. The second-order valence-electron chi connectivity index (χ2n) is 7.94. The first-order valence-corrected chi connectivity index (χ1v) is 12.0. The summed E-state index contributed by atoms with van der Waals surface area (Å²) >= 11 is 0. The Hall–Kier alpha value is -1.93. The molecule has 1 unspecified atom stereocenters. The molecule has 30 heavy (non-hydrogen) atoms. The molecule has 1 atom stereocenters. The van der Waals surface area contributed by atoms with Gasteiger partial charge in [-0.15, -0.1) is 0 Å². The number of benzene rings is 1. The number of hydrogen-bond acceptors (Lipinski definition) is 5. The number of nitrogens with one attached hydrogen (secondary N) is 1. The van der Waals surface area contributed by atoms with Crippen LogP contribution in [0.1, 0.15) is 69.8 Å². The highest BCUT2D eigenvalue weighted by Crippen LogP contribution is 2.21. The SMILES string of the molecule is CCN(CC)S(=O)(=O)c1cc(C(=O)OCC(=O)NC(C)CCCC(C)C)ccc1C. The van der Waals surface area contributed by atoms with E-state index in [0.29, 0.717) is 24.6 Å². The normalized spacial score (nSPS) is 12.8. The van der Waals surface area contributed by atoms with Crippen LogP contribution in [-0.2, 0) is 19.6 Å². The zero-order chi connectivity index (χ0) is 22.9. The molecule has 0 radical (unpaired) electrons. The summed E-state index contributed by atoms with van der Waals surface area (Å²) in [5.74, 6) is -0.476. The molecule has 0 saturated heterocycles. The first kappa shape index (κ1) is 26.1. The molecule has 0 aromatic heterocycles. The highest BCUT2D eigenvalue weighted by atomic mass is 32.2. The number of esters is 1. The molecule has 0 aliphatic heterocycles. The summed E-state index contributed by atoms with van der Waals surface area (Å²) in [5.41, 5.74) is 0.649. The molecule has 0 aliphatic carbocycles. The number of rotatable bonds is 12. The summed E-state index contributed by atoms with van der Waals surface area (Å²) in [4.78, 5) is 24.5. The summed E-state index contributed by atoms with van der Waals surface area (Å²) in [6.07, 6.45) is 2.98. The van der Waals surface area contributed by atoms with Gasteiger partial charge >= 0.3 is 5.97 Å². The quantitative estimate of drug-likeness (QED) is 0.502. The minimum Gasteiger partial charge on any atom is -0.452 e. The van der Waals surface area contributed by atoms with Crippen LogP contribution < -0.4 is 5.32 Å². The number of amides is 1. The summed E-state index contributed by atoms with van der Waals surface area (Å²) in [6.45, 7) is 11.7. The third-order valence-corrected chi connectivity index (χ3v) is 7.10. The molecule has 0 aliphatic rings. The van der Waals surface area contributed by atoms with Crippen molar-refractivity contribution in [1.29, 1.82) is 0 Å². The molecule has 1 aromatic rings. The predicted octanol–water partition coefficient (Wildman–Crippen LogP) is 3.51. The number of nitrogens with zero attached hydrogens (tertiary/aromatic N) is 1. The van der Waals surface area contributed by atoms with E-state index in [0.717, 1.165) is 19.3 Å². The summed E-state index contributed by atoms with van der Waals surface area (Å²) in [7, 11) is -3.70. The van der Waals surface area contributed by atoms with Gasteiger partial charge in [-0.2, -0.15) is 4.31 Å². The van der Waals surface area contributed by atoms with Gasteiger partial charge < -0.3 is 10.1 Å². The van der Waals surface area contributed by atoms with Crippen LogP contribution in [-0.4, -0.2) is 50.3 Å². The van der Waals surface area contributed by atoms with Gasteiger partial charge in [0.2, 0.25) is 10.0 Å². The fourth-order valence-corrected chi connectivity index (χ4v) is 4.85. The standard InChI is InChI=1S/C22H36N2O5S/c1-7-24(8-2)30(27,28)20-14-19(13-12-17(20)5)22(26)29-15-21(25)23-18(6)11-9-10-16(3)4/h12-14,16,18H,7-11,15H2,1-6H3,(H,23,25). The van der Waals surface area contributed by atoms with E-state index in [9.17, 15) is 18.0 Å². The van der Waals surface area contributed by atoms with Crippen molar-refractivity contribution >= 4 is 21.9 Å². The lowest BCUT2D eigenvalue weighted by molar-refractivity contribution is -0.124. The number of ether oxygens (including phenoxy) is 1. The highest BCUT2D eigenvalue weighted by molar-refractivity contribution is 7.89. The van der Waals surface area contributed by atoms with Crippen molar-refractivity contribution in [3.63, 3.8) is 0 Å². The van der Waals surface area contributed by atoms with E-state index in [4.69, 9.17) is 4.74 Å². The minimum absolute atomic E-state index is 0.000133. The van der Waals surface area contributed by atoms with E-state index >= 15 is 0 Å². The number of carbonyl (C=O) groups excluding carboxylic acids is 2. The number of sulfonamides is 1. The second-order valence-corrected chi connectivity index (χ2v) is 9.85. The third-order valence-electron chi connectivity index (χ3n) is 4.91.